The van der Waals surface area contributed by atoms with Crippen LogP contribution >= 0.6 is 23.1 Å². The van der Waals surface area contributed by atoms with Crippen molar-refractivity contribution in [3.63, 3.8) is 0 Å². The summed E-state index contributed by atoms with van der Waals surface area (Å²) in [6.45, 7) is 4.39. The third kappa shape index (κ3) is 4.17. The molecular formula is C17H17N5O3S2. The van der Waals surface area contributed by atoms with E-state index >= 15 is 0 Å². The summed E-state index contributed by atoms with van der Waals surface area (Å²) in [4.78, 5) is 24.1. The summed E-state index contributed by atoms with van der Waals surface area (Å²) < 4.78 is 1.95. The fourth-order valence-corrected chi connectivity index (χ4v) is 4.06. The highest BCUT2D eigenvalue weighted by atomic mass is 32.2. The first-order chi connectivity index (χ1) is 13.0. The van der Waals surface area contributed by atoms with Crippen molar-refractivity contribution in [2.75, 3.05) is 5.32 Å². The van der Waals surface area contributed by atoms with Crippen molar-refractivity contribution in [1.82, 2.24) is 14.8 Å². The Balaban J connectivity index is 1.75. The van der Waals surface area contributed by atoms with E-state index in [-0.39, 0.29) is 17.3 Å². The summed E-state index contributed by atoms with van der Waals surface area (Å²) in [5.74, 6) is 0.430. The maximum atomic E-state index is 12.5. The Morgan fingerprint density at radius 3 is 2.78 bits per heavy atom. The number of para-hydroxylation sites is 2. The number of nitro groups is 1. The van der Waals surface area contributed by atoms with Crippen molar-refractivity contribution >= 4 is 40.4 Å². The van der Waals surface area contributed by atoms with Crippen LogP contribution in [0.25, 0.3) is 10.7 Å². The second-order valence-electron chi connectivity index (χ2n) is 5.55. The molecule has 2 heterocycles. The van der Waals surface area contributed by atoms with E-state index in [1.165, 1.54) is 23.9 Å². The molecule has 0 aliphatic carbocycles. The lowest BCUT2D eigenvalue weighted by atomic mass is 10.2. The van der Waals surface area contributed by atoms with Crippen molar-refractivity contribution in [1.29, 1.82) is 0 Å². The maximum absolute atomic E-state index is 12.5. The van der Waals surface area contributed by atoms with Crippen LogP contribution in [0.15, 0.2) is 46.9 Å². The van der Waals surface area contributed by atoms with Crippen LogP contribution < -0.4 is 5.32 Å². The van der Waals surface area contributed by atoms with E-state index in [4.69, 9.17) is 0 Å². The highest BCUT2D eigenvalue weighted by Gasteiger charge is 2.22. The van der Waals surface area contributed by atoms with Crippen LogP contribution in [0.1, 0.15) is 13.8 Å². The second kappa shape index (κ2) is 8.31. The highest BCUT2D eigenvalue weighted by Crippen LogP contribution is 2.30. The summed E-state index contributed by atoms with van der Waals surface area (Å²) in [6, 6.07) is 9.98. The minimum atomic E-state index is -0.519. The molecule has 10 heteroatoms. The molecule has 0 saturated heterocycles. The van der Waals surface area contributed by atoms with Gasteiger partial charge in [0.15, 0.2) is 11.0 Å². The molecule has 1 atom stereocenters. The number of nitrogens with zero attached hydrogens (tertiary/aromatic N) is 4. The SMILES string of the molecule is CCn1c(SC(C)C(=O)Nc2ccccc2[N+](=O)[O-])nnc1-c1cccs1. The number of hydrogen-bond donors (Lipinski definition) is 1. The number of nitrogens with one attached hydrogen (secondary N) is 1. The Morgan fingerprint density at radius 1 is 1.33 bits per heavy atom. The van der Waals surface area contributed by atoms with Crippen LogP contribution in [0.3, 0.4) is 0 Å². The van der Waals surface area contributed by atoms with E-state index in [0.29, 0.717) is 11.7 Å². The molecule has 0 saturated carbocycles. The van der Waals surface area contributed by atoms with Gasteiger partial charge in [0, 0.05) is 12.6 Å². The summed E-state index contributed by atoms with van der Waals surface area (Å²) in [5.41, 5.74) is 0.0379. The quantitative estimate of drug-likeness (QED) is 0.363. The van der Waals surface area contributed by atoms with Crippen molar-refractivity contribution in [3.8, 4) is 10.7 Å². The fraction of sp³-hybridized carbons (Fsp3) is 0.235. The Labute approximate surface area is 163 Å². The van der Waals surface area contributed by atoms with E-state index in [2.05, 4.69) is 15.5 Å². The molecule has 2 aromatic heterocycles. The molecule has 1 unspecified atom stereocenters. The zero-order chi connectivity index (χ0) is 19.4. The Kier molecular flexibility index (Phi) is 5.87. The molecule has 0 radical (unpaired) electrons. The van der Waals surface area contributed by atoms with Gasteiger partial charge >= 0.3 is 0 Å². The summed E-state index contributed by atoms with van der Waals surface area (Å²) in [6.07, 6.45) is 0. The number of hydrogen-bond acceptors (Lipinski definition) is 7. The second-order valence-corrected chi connectivity index (χ2v) is 7.81. The van der Waals surface area contributed by atoms with E-state index in [1.807, 2.05) is 29.0 Å². The average molecular weight is 403 g/mol. The lowest BCUT2D eigenvalue weighted by molar-refractivity contribution is -0.383. The normalized spacial score (nSPS) is 11.9. The van der Waals surface area contributed by atoms with E-state index < -0.39 is 10.2 Å². The molecule has 0 aliphatic heterocycles. The number of amides is 1. The third-order valence-electron chi connectivity index (χ3n) is 3.78. The van der Waals surface area contributed by atoms with Gasteiger partial charge < -0.3 is 9.88 Å². The van der Waals surface area contributed by atoms with Gasteiger partial charge in [-0.1, -0.05) is 30.0 Å². The first-order valence-electron chi connectivity index (χ1n) is 8.19. The van der Waals surface area contributed by atoms with Gasteiger partial charge in [0.2, 0.25) is 5.91 Å². The molecule has 0 fully saturated rings. The van der Waals surface area contributed by atoms with Crippen LogP contribution in [0.2, 0.25) is 0 Å². The predicted molar refractivity (Wildman–Crippen MR) is 106 cm³/mol. The van der Waals surface area contributed by atoms with Crippen molar-refractivity contribution in [2.45, 2.75) is 30.8 Å². The molecule has 1 aromatic carbocycles. The van der Waals surface area contributed by atoms with Gasteiger partial charge in [-0.05, 0) is 31.4 Å². The third-order valence-corrected chi connectivity index (χ3v) is 5.73. The van der Waals surface area contributed by atoms with Gasteiger partial charge in [-0.15, -0.1) is 21.5 Å². The minimum absolute atomic E-state index is 0.139. The van der Waals surface area contributed by atoms with Gasteiger partial charge in [-0.25, -0.2) is 0 Å². The molecule has 3 aromatic rings. The van der Waals surface area contributed by atoms with Gasteiger partial charge in [0.05, 0.1) is 15.1 Å². The van der Waals surface area contributed by atoms with Gasteiger partial charge in [0.1, 0.15) is 5.69 Å². The predicted octanol–water partition coefficient (Wildman–Crippen LogP) is 4.05. The summed E-state index contributed by atoms with van der Waals surface area (Å²) >= 11 is 2.84. The van der Waals surface area contributed by atoms with Gasteiger partial charge in [0.25, 0.3) is 5.69 Å². The number of thiophene rings is 1. The van der Waals surface area contributed by atoms with Crippen LogP contribution in [0, 0.1) is 10.1 Å². The molecule has 1 N–H and O–H groups in total. The van der Waals surface area contributed by atoms with Crippen LogP contribution in [0.4, 0.5) is 11.4 Å². The Bertz CT molecular complexity index is 955. The number of rotatable bonds is 7. The molecule has 8 nitrogen and oxygen atoms in total. The highest BCUT2D eigenvalue weighted by molar-refractivity contribution is 8.00. The number of nitro benzene ring substituents is 1. The van der Waals surface area contributed by atoms with Crippen molar-refractivity contribution < 1.29 is 9.72 Å². The molecule has 1 amide bonds. The molecule has 140 valence electrons. The topological polar surface area (TPSA) is 103 Å². The average Bonchev–Trinajstić information content (AvgIpc) is 3.31. The number of aromatic nitrogens is 3. The maximum Gasteiger partial charge on any atom is 0.292 e. The number of carbonyl (C=O) groups is 1. The van der Waals surface area contributed by atoms with E-state index in [9.17, 15) is 14.9 Å². The fourth-order valence-electron chi connectivity index (χ4n) is 2.43. The van der Waals surface area contributed by atoms with Crippen molar-refractivity contribution in [2.24, 2.45) is 0 Å². The number of benzene rings is 1. The monoisotopic (exact) mass is 403 g/mol. The van der Waals surface area contributed by atoms with Crippen molar-refractivity contribution in [3.05, 3.63) is 51.9 Å². The van der Waals surface area contributed by atoms with Gasteiger partial charge in [-0.2, -0.15) is 0 Å². The zero-order valence-corrected chi connectivity index (χ0v) is 16.3. The largest absolute Gasteiger partial charge is 0.319 e. The zero-order valence-electron chi connectivity index (χ0n) is 14.7. The molecule has 0 spiro atoms. The van der Waals surface area contributed by atoms with Crippen LogP contribution in [-0.4, -0.2) is 30.8 Å². The van der Waals surface area contributed by atoms with Crippen LogP contribution in [0.5, 0.6) is 0 Å². The Hall–Kier alpha value is -2.72. The van der Waals surface area contributed by atoms with E-state index in [0.717, 1.165) is 10.7 Å². The lowest BCUT2D eigenvalue weighted by Gasteiger charge is -2.12. The molecule has 0 aliphatic rings. The number of anilines is 1. The number of carbonyl (C=O) groups excluding carboxylic acids is 1. The minimum Gasteiger partial charge on any atom is -0.319 e. The first-order valence-corrected chi connectivity index (χ1v) is 9.95. The Morgan fingerprint density at radius 2 is 2.11 bits per heavy atom. The first kappa shape index (κ1) is 19.1. The van der Waals surface area contributed by atoms with Crippen LogP contribution in [-0.2, 0) is 11.3 Å². The molecular weight excluding hydrogens is 386 g/mol. The summed E-state index contributed by atoms with van der Waals surface area (Å²) in [7, 11) is 0. The smallest absolute Gasteiger partial charge is 0.292 e. The molecule has 27 heavy (non-hydrogen) atoms. The van der Waals surface area contributed by atoms with E-state index in [1.54, 1.807) is 30.4 Å². The lowest BCUT2D eigenvalue weighted by Crippen LogP contribution is -2.23. The standard InChI is InChI=1S/C17H17N5O3S2/c1-3-21-15(14-9-6-10-26-14)19-20-17(21)27-11(2)16(23)18-12-7-4-5-8-13(12)22(24)25/h4-11H,3H2,1-2H3,(H,18,23). The molecule has 0 bridgehead atoms. The number of thioether (sulfide) groups is 1. The summed E-state index contributed by atoms with van der Waals surface area (Å²) in [5, 5.41) is 24.3. The van der Waals surface area contributed by atoms with Gasteiger partial charge in [-0.3, -0.25) is 14.9 Å². The molecule has 3 rings (SSSR count).